The molecule has 2 aromatic heterocycles. The molecule has 0 saturated heterocycles. The van der Waals surface area contributed by atoms with Crippen LogP contribution < -0.4 is 5.32 Å². The highest BCUT2D eigenvalue weighted by Gasteiger charge is 2.15. The van der Waals surface area contributed by atoms with Crippen molar-refractivity contribution in [3.63, 3.8) is 0 Å². The van der Waals surface area contributed by atoms with Crippen molar-refractivity contribution in [3.05, 3.63) is 146 Å². The average Bonchev–Trinajstić information content (AvgIpc) is 3.63. The SMILES string of the molecule is c1ccc2c(-c3cc(Nc4cccc5oc6ccccc6c45)cc(-c4cccc5c4sc4ccccc45)c3)cccc2c1. The Bertz CT molecular complexity index is 2490. The van der Waals surface area contributed by atoms with Crippen molar-refractivity contribution in [1.29, 1.82) is 0 Å². The Morgan fingerprint density at radius 2 is 1.14 bits per heavy atom. The van der Waals surface area contributed by atoms with Gasteiger partial charge in [0.15, 0.2) is 0 Å². The molecule has 3 heteroatoms. The van der Waals surface area contributed by atoms with E-state index in [0.29, 0.717) is 0 Å². The van der Waals surface area contributed by atoms with Gasteiger partial charge in [0, 0.05) is 31.2 Å². The molecular formula is C40H25NOS. The first-order valence-electron chi connectivity index (χ1n) is 14.5. The molecule has 43 heavy (non-hydrogen) atoms. The quantitative estimate of drug-likeness (QED) is 0.229. The number of para-hydroxylation sites is 1. The lowest BCUT2D eigenvalue weighted by atomic mass is 9.94. The molecule has 0 bridgehead atoms. The van der Waals surface area contributed by atoms with Gasteiger partial charge in [0.25, 0.3) is 0 Å². The molecular weight excluding hydrogens is 543 g/mol. The summed E-state index contributed by atoms with van der Waals surface area (Å²) in [6.07, 6.45) is 0. The van der Waals surface area contributed by atoms with E-state index < -0.39 is 0 Å². The third kappa shape index (κ3) is 3.93. The van der Waals surface area contributed by atoms with Crippen molar-refractivity contribution in [2.24, 2.45) is 0 Å². The van der Waals surface area contributed by atoms with Crippen LogP contribution in [0.2, 0.25) is 0 Å². The van der Waals surface area contributed by atoms with Crippen LogP contribution in [0.3, 0.4) is 0 Å². The van der Waals surface area contributed by atoms with Gasteiger partial charge < -0.3 is 9.73 Å². The lowest BCUT2D eigenvalue weighted by Crippen LogP contribution is -1.93. The first kappa shape index (κ1) is 24.2. The molecule has 0 saturated carbocycles. The Kier molecular flexibility index (Phi) is 5.40. The van der Waals surface area contributed by atoms with E-state index in [4.69, 9.17) is 4.42 Å². The second-order valence-corrected chi connectivity index (χ2v) is 12.1. The van der Waals surface area contributed by atoms with E-state index in [9.17, 15) is 0 Å². The van der Waals surface area contributed by atoms with Gasteiger partial charge in [-0.3, -0.25) is 0 Å². The maximum atomic E-state index is 6.20. The molecule has 9 aromatic rings. The zero-order chi connectivity index (χ0) is 28.3. The zero-order valence-electron chi connectivity index (χ0n) is 23.2. The van der Waals surface area contributed by atoms with Crippen LogP contribution in [-0.2, 0) is 0 Å². The van der Waals surface area contributed by atoms with E-state index >= 15 is 0 Å². The summed E-state index contributed by atoms with van der Waals surface area (Å²) in [6.45, 7) is 0. The minimum atomic E-state index is 0.881. The topological polar surface area (TPSA) is 25.2 Å². The monoisotopic (exact) mass is 567 g/mol. The molecule has 0 aliphatic heterocycles. The van der Waals surface area contributed by atoms with E-state index in [2.05, 4.69) is 133 Å². The minimum Gasteiger partial charge on any atom is -0.456 e. The van der Waals surface area contributed by atoms with Gasteiger partial charge in [0.2, 0.25) is 0 Å². The fraction of sp³-hybridized carbons (Fsp3) is 0. The van der Waals surface area contributed by atoms with E-state index in [1.165, 1.54) is 53.2 Å². The highest BCUT2D eigenvalue weighted by Crippen LogP contribution is 2.43. The summed E-state index contributed by atoms with van der Waals surface area (Å²) in [5, 5.41) is 11.1. The molecule has 0 fully saturated rings. The number of hydrogen-bond acceptors (Lipinski definition) is 3. The molecule has 0 atom stereocenters. The van der Waals surface area contributed by atoms with Crippen LogP contribution >= 0.6 is 11.3 Å². The summed E-state index contributed by atoms with van der Waals surface area (Å²) in [6, 6.07) is 52.0. The largest absolute Gasteiger partial charge is 0.456 e. The Morgan fingerprint density at radius 3 is 2.07 bits per heavy atom. The molecule has 1 N–H and O–H groups in total. The molecule has 9 rings (SSSR count). The standard InChI is InChI=1S/C40H25NOS/c1-2-12-29-25(10-1)11-7-15-30(29)26-22-27(31-16-8-17-33-32-13-4-6-21-38(32)43-40(31)33)24-28(23-26)41-35-18-9-20-37-39(35)34-14-3-5-19-36(34)42-37/h1-24,41H. The van der Waals surface area contributed by atoms with Crippen molar-refractivity contribution in [1.82, 2.24) is 0 Å². The van der Waals surface area contributed by atoms with Crippen LogP contribution in [0.1, 0.15) is 0 Å². The van der Waals surface area contributed by atoms with Crippen LogP contribution in [0.15, 0.2) is 150 Å². The second-order valence-electron chi connectivity index (χ2n) is 11.0. The zero-order valence-corrected chi connectivity index (χ0v) is 24.0. The molecule has 0 aliphatic carbocycles. The number of hydrogen-bond donors (Lipinski definition) is 1. The number of rotatable bonds is 4. The molecule has 0 spiro atoms. The normalized spacial score (nSPS) is 11.7. The van der Waals surface area contributed by atoms with E-state index in [1.807, 2.05) is 29.5 Å². The smallest absolute Gasteiger partial charge is 0.137 e. The maximum Gasteiger partial charge on any atom is 0.137 e. The number of furan rings is 1. The lowest BCUT2D eigenvalue weighted by Gasteiger charge is -2.15. The van der Waals surface area contributed by atoms with E-state index in [-0.39, 0.29) is 0 Å². The highest BCUT2D eigenvalue weighted by molar-refractivity contribution is 7.26. The predicted octanol–water partition coefficient (Wildman–Crippen LogP) is 12.2. The van der Waals surface area contributed by atoms with Crippen LogP contribution in [0.5, 0.6) is 0 Å². The molecule has 202 valence electrons. The van der Waals surface area contributed by atoms with Gasteiger partial charge in [-0.2, -0.15) is 0 Å². The van der Waals surface area contributed by atoms with Crippen LogP contribution in [-0.4, -0.2) is 0 Å². The number of nitrogens with one attached hydrogen (secondary N) is 1. The summed E-state index contributed by atoms with van der Waals surface area (Å²) in [7, 11) is 0. The lowest BCUT2D eigenvalue weighted by molar-refractivity contribution is 0.669. The molecule has 0 amide bonds. The van der Waals surface area contributed by atoms with Gasteiger partial charge >= 0.3 is 0 Å². The summed E-state index contributed by atoms with van der Waals surface area (Å²) in [5.41, 5.74) is 8.68. The summed E-state index contributed by atoms with van der Waals surface area (Å²) in [5.74, 6) is 0. The highest BCUT2D eigenvalue weighted by atomic mass is 32.1. The minimum absolute atomic E-state index is 0.881. The van der Waals surface area contributed by atoms with Gasteiger partial charge in [-0.05, 0) is 75.5 Å². The fourth-order valence-electron chi connectivity index (χ4n) is 6.50. The third-order valence-corrected chi connectivity index (χ3v) is 9.65. The molecule has 7 aromatic carbocycles. The second kappa shape index (κ2) is 9.59. The van der Waals surface area contributed by atoms with Crippen LogP contribution in [0.25, 0.3) is 75.1 Å². The average molecular weight is 568 g/mol. The van der Waals surface area contributed by atoms with E-state index in [0.717, 1.165) is 33.3 Å². The van der Waals surface area contributed by atoms with Crippen molar-refractivity contribution in [2.45, 2.75) is 0 Å². The predicted molar refractivity (Wildman–Crippen MR) is 185 cm³/mol. The van der Waals surface area contributed by atoms with Gasteiger partial charge in [0.05, 0.1) is 11.1 Å². The first-order chi connectivity index (χ1) is 21.3. The van der Waals surface area contributed by atoms with Crippen molar-refractivity contribution in [2.75, 3.05) is 5.32 Å². The molecule has 0 unspecified atom stereocenters. The van der Waals surface area contributed by atoms with Crippen molar-refractivity contribution in [3.8, 4) is 22.3 Å². The maximum absolute atomic E-state index is 6.20. The summed E-state index contributed by atoms with van der Waals surface area (Å²) < 4.78 is 8.83. The number of fused-ring (bicyclic) bond motifs is 7. The van der Waals surface area contributed by atoms with Gasteiger partial charge in [-0.25, -0.2) is 0 Å². The number of thiophene rings is 1. The Morgan fingerprint density at radius 1 is 0.488 bits per heavy atom. The number of anilines is 2. The first-order valence-corrected chi connectivity index (χ1v) is 15.3. The fourth-order valence-corrected chi connectivity index (χ4v) is 7.73. The van der Waals surface area contributed by atoms with Gasteiger partial charge in [0.1, 0.15) is 11.2 Å². The van der Waals surface area contributed by atoms with Crippen LogP contribution in [0, 0.1) is 0 Å². The molecule has 0 radical (unpaired) electrons. The van der Waals surface area contributed by atoms with E-state index in [1.54, 1.807) is 0 Å². The molecule has 0 aliphatic rings. The van der Waals surface area contributed by atoms with Gasteiger partial charge in [-0.15, -0.1) is 11.3 Å². The number of benzene rings is 7. The molecule has 2 heterocycles. The Hall–Kier alpha value is -5.38. The summed E-state index contributed by atoms with van der Waals surface area (Å²) in [4.78, 5) is 0. The molecule has 2 nitrogen and oxygen atoms in total. The van der Waals surface area contributed by atoms with Crippen molar-refractivity contribution >= 4 is 75.6 Å². The summed E-state index contributed by atoms with van der Waals surface area (Å²) >= 11 is 1.87. The van der Waals surface area contributed by atoms with Crippen molar-refractivity contribution < 1.29 is 4.42 Å². The van der Waals surface area contributed by atoms with Crippen LogP contribution in [0.4, 0.5) is 11.4 Å². The Balaban J connectivity index is 1.29. The Labute approximate surface area is 252 Å². The van der Waals surface area contributed by atoms with Gasteiger partial charge in [-0.1, -0.05) is 103 Å². The third-order valence-electron chi connectivity index (χ3n) is 8.43.